The normalized spacial score (nSPS) is 21.3. The van der Waals surface area contributed by atoms with Crippen LogP contribution in [0.15, 0.2) is 24.3 Å². The number of para-hydroxylation sites is 2. The van der Waals surface area contributed by atoms with Gasteiger partial charge in [0, 0.05) is 12.1 Å². The maximum absolute atomic E-state index is 11.8. The molecule has 0 aliphatic heterocycles. The predicted molar refractivity (Wildman–Crippen MR) is 87.4 cm³/mol. The minimum atomic E-state index is -0.461. The number of methoxy groups -OCH3 is 1. The number of ether oxygens (including phenoxy) is 2. The molecule has 0 saturated heterocycles. The molecule has 2 unspecified atom stereocenters. The first-order chi connectivity index (χ1) is 10.4. The number of anilines is 1. The molecule has 0 heterocycles. The van der Waals surface area contributed by atoms with E-state index in [-0.39, 0.29) is 12.1 Å². The van der Waals surface area contributed by atoms with E-state index in [1.165, 1.54) is 0 Å². The minimum Gasteiger partial charge on any atom is -0.495 e. The molecule has 1 amide bonds. The first-order valence-electron chi connectivity index (χ1n) is 7.76. The van der Waals surface area contributed by atoms with Crippen LogP contribution in [0.25, 0.3) is 0 Å². The number of carbonyl (C=O) groups excluding carboxylic acids is 1. The lowest BCUT2D eigenvalue weighted by atomic mass is 10.2. The summed E-state index contributed by atoms with van der Waals surface area (Å²) in [5.41, 5.74) is 0.533. The maximum Gasteiger partial charge on any atom is 0.407 e. The fourth-order valence-electron chi connectivity index (χ4n) is 2.70. The maximum atomic E-state index is 11.8. The molecule has 22 heavy (non-hydrogen) atoms. The summed E-state index contributed by atoms with van der Waals surface area (Å²) in [5.74, 6) is 0.839. The van der Waals surface area contributed by atoms with Crippen LogP contribution in [0.1, 0.15) is 40.0 Å². The lowest BCUT2D eigenvalue weighted by Crippen LogP contribution is -2.38. The molecule has 2 atom stereocenters. The van der Waals surface area contributed by atoms with Crippen molar-refractivity contribution in [2.45, 2.75) is 57.7 Å². The molecule has 1 aromatic rings. The van der Waals surface area contributed by atoms with Crippen LogP contribution in [0.4, 0.5) is 10.5 Å². The average Bonchev–Trinajstić information content (AvgIpc) is 2.84. The number of carbonyl (C=O) groups is 1. The van der Waals surface area contributed by atoms with Crippen molar-refractivity contribution in [2.75, 3.05) is 12.4 Å². The van der Waals surface area contributed by atoms with Crippen molar-refractivity contribution in [2.24, 2.45) is 0 Å². The molecule has 1 aliphatic rings. The van der Waals surface area contributed by atoms with E-state index < -0.39 is 5.60 Å². The number of hydrogen-bond donors (Lipinski definition) is 2. The summed E-state index contributed by atoms with van der Waals surface area (Å²) in [6, 6.07) is 8.36. The topological polar surface area (TPSA) is 59.6 Å². The number of alkyl carbamates (subject to hydrolysis) is 1. The molecule has 1 aromatic carbocycles. The smallest absolute Gasteiger partial charge is 0.407 e. The van der Waals surface area contributed by atoms with Crippen LogP contribution in [-0.2, 0) is 4.74 Å². The van der Waals surface area contributed by atoms with E-state index in [4.69, 9.17) is 9.47 Å². The standard InChI is InChI=1S/C17H26N2O3/c1-17(2,3)22-16(20)19-13-10-9-12(11-13)18-14-7-5-6-8-15(14)21-4/h5-8,12-13,18H,9-11H2,1-4H3,(H,19,20). The monoisotopic (exact) mass is 306 g/mol. The Hall–Kier alpha value is -1.91. The second kappa shape index (κ2) is 6.90. The molecule has 2 rings (SSSR count). The summed E-state index contributed by atoms with van der Waals surface area (Å²) >= 11 is 0. The molecule has 0 radical (unpaired) electrons. The Morgan fingerprint density at radius 1 is 1.18 bits per heavy atom. The van der Waals surface area contributed by atoms with Gasteiger partial charge >= 0.3 is 6.09 Å². The van der Waals surface area contributed by atoms with Crippen LogP contribution >= 0.6 is 0 Å². The predicted octanol–water partition coefficient (Wildman–Crippen LogP) is 3.55. The van der Waals surface area contributed by atoms with Gasteiger partial charge in [0.25, 0.3) is 0 Å². The number of amides is 1. The van der Waals surface area contributed by atoms with Gasteiger partial charge in [-0.3, -0.25) is 0 Å². The van der Waals surface area contributed by atoms with Crippen molar-refractivity contribution in [1.82, 2.24) is 5.32 Å². The molecule has 5 nitrogen and oxygen atoms in total. The SMILES string of the molecule is COc1ccccc1NC1CCC(NC(=O)OC(C)(C)C)C1. The zero-order valence-corrected chi connectivity index (χ0v) is 13.8. The molecule has 122 valence electrons. The highest BCUT2D eigenvalue weighted by atomic mass is 16.6. The van der Waals surface area contributed by atoms with E-state index in [0.717, 1.165) is 30.7 Å². The second-order valence-electron chi connectivity index (χ2n) is 6.70. The molecule has 0 aromatic heterocycles. The minimum absolute atomic E-state index is 0.155. The van der Waals surface area contributed by atoms with Gasteiger partial charge in [0.05, 0.1) is 12.8 Å². The Balaban J connectivity index is 1.84. The zero-order chi connectivity index (χ0) is 16.2. The third-order valence-electron chi connectivity index (χ3n) is 3.62. The highest BCUT2D eigenvalue weighted by Crippen LogP contribution is 2.28. The van der Waals surface area contributed by atoms with Crippen LogP contribution in [0, 0.1) is 0 Å². The van der Waals surface area contributed by atoms with E-state index in [9.17, 15) is 4.79 Å². The van der Waals surface area contributed by atoms with Crippen LogP contribution < -0.4 is 15.4 Å². The molecular formula is C17H26N2O3. The third kappa shape index (κ3) is 4.83. The summed E-state index contributed by atoms with van der Waals surface area (Å²) in [4.78, 5) is 11.8. The fraction of sp³-hybridized carbons (Fsp3) is 0.588. The average molecular weight is 306 g/mol. The molecule has 1 aliphatic carbocycles. The highest BCUT2D eigenvalue weighted by Gasteiger charge is 2.28. The van der Waals surface area contributed by atoms with Crippen LogP contribution in [0.5, 0.6) is 5.75 Å². The molecule has 1 saturated carbocycles. The van der Waals surface area contributed by atoms with Gasteiger partial charge in [0.2, 0.25) is 0 Å². The Bertz CT molecular complexity index is 511. The van der Waals surface area contributed by atoms with Gasteiger partial charge in [-0.2, -0.15) is 0 Å². The summed E-state index contributed by atoms with van der Waals surface area (Å²) in [6.07, 6.45) is 2.51. The quantitative estimate of drug-likeness (QED) is 0.893. The summed E-state index contributed by atoms with van der Waals surface area (Å²) < 4.78 is 10.6. The highest BCUT2D eigenvalue weighted by molar-refractivity contribution is 5.68. The van der Waals surface area contributed by atoms with E-state index in [1.54, 1.807) is 7.11 Å². The van der Waals surface area contributed by atoms with Crippen molar-refractivity contribution < 1.29 is 14.3 Å². The molecular weight excluding hydrogens is 280 g/mol. The number of nitrogens with one attached hydrogen (secondary N) is 2. The summed E-state index contributed by atoms with van der Waals surface area (Å²) in [7, 11) is 1.67. The molecule has 0 spiro atoms. The van der Waals surface area contributed by atoms with Crippen molar-refractivity contribution in [3.05, 3.63) is 24.3 Å². The lowest BCUT2D eigenvalue weighted by molar-refractivity contribution is 0.0505. The third-order valence-corrected chi connectivity index (χ3v) is 3.62. The number of hydrogen-bond acceptors (Lipinski definition) is 4. The summed E-state index contributed by atoms with van der Waals surface area (Å²) in [6.45, 7) is 5.60. The molecule has 1 fully saturated rings. The Labute approximate surface area is 132 Å². The fourth-order valence-corrected chi connectivity index (χ4v) is 2.70. The number of rotatable bonds is 4. The first-order valence-corrected chi connectivity index (χ1v) is 7.76. The van der Waals surface area contributed by atoms with Crippen LogP contribution in [0.2, 0.25) is 0 Å². The largest absolute Gasteiger partial charge is 0.495 e. The van der Waals surface area contributed by atoms with Gasteiger partial charge in [0.1, 0.15) is 11.4 Å². The summed E-state index contributed by atoms with van der Waals surface area (Å²) in [5, 5.41) is 6.44. The van der Waals surface area contributed by atoms with Gasteiger partial charge < -0.3 is 20.1 Å². The van der Waals surface area contributed by atoms with Crippen molar-refractivity contribution in [3.8, 4) is 5.75 Å². The van der Waals surface area contributed by atoms with E-state index in [0.29, 0.717) is 6.04 Å². The second-order valence-corrected chi connectivity index (χ2v) is 6.70. The van der Waals surface area contributed by atoms with E-state index >= 15 is 0 Å². The Kier molecular flexibility index (Phi) is 5.16. The Morgan fingerprint density at radius 2 is 1.86 bits per heavy atom. The molecule has 2 N–H and O–H groups in total. The van der Waals surface area contributed by atoms with Gasteiger partial charge in [-0.15, -0.1) is 0 Å². The van der Waals surface area contributed by atoms with Gasteiger partial charge in [0.15, 0.2) is 0 Å². The molecule has 0 bridgehead atoms. The van der Waals surface area contributed by atoms with E-state index in [2.05, 4.69) is 10.6 Å². The van der Waals surface area contributed by atoms with Crippen molar-refractivity contribution in [3.63, 3.8) is 0 Å². The lowest BCUT2D eigenvalue weighted by Gasteiger charge is -2.22. The van der Waals surface area contributed by atoms with Crippen LogP contribution in [-0.4, -0.2) is 30.9 Å². The van der Waals surface area contributed by atoms with Crippen molar-refractivity contribution >= 4 is 11.8 Å². The van der Waals surface area contributed by atoms with E-state index in [1.807, 2.05) is 45.0 Å². The Morgan fingerprint density at radius 3 is 2.55 bits per heavy atom. The van der Waals surface area contributed by atoms with Gasteiger partial charge in [-0.25, -0.2) is 4.79 Å². The molecule has 5 heteroatoms. The first kappa shape index (κ1) is 16.5. The van der Waals surface area contributed by atoms with Gasteiger partial charge in [-0.05, 0) is 52.2 Å². The van der Waals surface area contributed by atoms with Crippen molar-refractivity contribution in [1.29, 1.82) is 0 Å². The van der Waals surface area contributed by atoms with Crippen LogP contribution in [0.3, 0.4) is 0 Å². The zero-order valence-electron chi connectivity index (χ0n) is 13.8. The number of benzene rings is 1. The van der Waals surface area contributed by atoms with Gasteiger partial charge in [-0.1, -0.05) is 12.1 Å².